The van der Waals surface area contributed by atoms with Crippen molar-refractivity contribution < 1.29 is 13.9 Å². The van der Waals surface area contributed by atoms with Gasteiger partial charge in [0, 0.05) is 5.69 Å². The molecule has 0 unspecified atom stereocenters. The van der Waals surface area contributed by atoms with Crippen LogP contribution >= 0.6 is 0 Å². The number of para-hydroxylation sites is 1. The fraction of sp³-hybridized carbons (Fsp3) is 0.235. The molecule has 0 bridgehead atoms. The number of aryl methyl sites for hydroxylation is 1. The smallest absolute Gasteiger partial charge is 0.265 e. The summed E-state index contributed by atoms with van der Waals surface area (Å²) in [7, 11) is 0. The lowest BCUT2D eigenvalue weighted by Gasteiger charge is -2.16. The Balaban J connectivity index is 2.02. The van der Waals surface area contributed by atoms with Crippen LogP contribution in [-0.2, 0) is 11.2 Å². The van der Waals surface area contributed by atoms with E-state index in [0.717, 1.165) is 12.0 Å². The molecule has 1 atom stereocenters. The molecule has 0 heterocycles. The Bertz CT molecular complexity index is 628. The van der Waals surface area contributed by atoms with Gasteiger partial charge in [-0.25, -0.2) is 4.39 Å². The van der Waals surface area contributed by atoms with E-state index >= 15 is 0 Å². The van der Waals surface area contributed by atoms with E-state index in [9.17, 15) is 9.18 Å². The molecule has 2 rings (SSSR count). The van der Waals surface area contributed by atoms with Crippen molar-refractivity contribution in [2.24, 2.45) is 0 Å². The van der Waals surface area contributed by atoms with Crippen molar-refractivity contribution in [1.29, 1.82) is 0 Å². The van der Waals surface area contributed by atoms with Crippen LogP contribution in [0.15, 0.2) is 48.5 Å². The first-order chi connectivity index (χ1) is 10.1. The average molecular weight is 287 g/mol. The third-order valence-corrected chi connectivity index (χ3v) is 3.12. The predicted molar refractivity (Wildman–Crippen MR) is 80.9 cm³/mol. The van der Waals surface area contributed by atoms with E-state index in [1.54, 1.807) is 19.1 Å². The number of rotatable bonds is 5. The molecule has 0 radical (unpaired) electrons. The molecular formula is C17H18FNO2. The maximum absolute atomic E-state index is 13.1. The molecule has 3 nitrogen and oxygen atoms in total. The molecule has 0 aliphatic rings. The fourth-order valence-corrected chi connectivity index (χ4v) is 1.96. The van der Waals surface area contributed by atoms with E-state index in [4.69, 9.17) is 4.74 Å². The summed E-state index contributed by atoms with van der Waals surface area (Å²) in [5.41, 5.74) is 1.46. The maximum atomic E-state index is 13.1. The van der Waals surface area contributed by atoms with Crippen LogP contribution in [0.3, 0.4) is 0 Å². The highest BCUT2D eigenvalue weighted by molar-refractivity contribution is 5.94. The van der Waals surface area contributed by atoms with Crippen molar-refractivity contribution in [2.75, 3.05) is 5.32 Å². The Kier molecular flexibility index (Phi) is 4.93. The van der Waals surface area contributed by atoms with Crippen molar-refractivity contribution in [2.45, 2.75) is 26.4 Å². The quantitative estimate of drug-likeness (QED) is 0.908. The molecule has 21 heavy (non-hydrogen) atoms. The Morgan fingerprint density at radius 1 is 1.24 bits per heavy atom. The summed E-state index contributed by atoms with van der Waals surface area (Å²) < 4.78 is 18.8. The molecule has 2 aromatic rings. The summed E-state index contributed by atoms with van der Waals surface area (Å²) >= 11 is 0. The second-order valence-corrected chi connectivity index (χ2v) is 4.72. The Hall–Kier alpha value is -2.36. The molecule has 0 spiro atoms. The first kappa shape index (κ1) is 15.0. The van der Waals surface area contributed by atoms with E-state index < -0.39 is 11.9 Å². The largest absolute Gasteiger partial charge is 0.481 e. The van der Waals surface area contributed by atoms with Gasteiger partial charge in [-0.05, 0) is 43.2 Å². The summed E-state index contributed by atoms with van der Waals surface area (Å²) in [6.45, 7) is 3.70. The molecular weight excluding hydrogens is 269 g/mol. The van der Waals surface area contributed by atoms with Gasteiger partial charge in [0.15, 0.2) is 6.10 Å². The lowest BCUT2D eigenvalue weighted by Crippen LogP contribution is -2.30. The van der Waals surface area contributed by atoms with Gasteiger partial charge in [-0.3, -0.25) is 4.79 Å². The topological polar surface area (TPSA) is 38.3 Å². The zero-order chi connectivity index (χ0) is 15.2. The van der Waals surface area contributed by atoms with Crippen molar-refractivity contribution in [1.82, 2.24) is 0 Å². The van der Waals surface area contributed by atoms with Gasteiger partial charge in [0.05, 0.1) is 0 Å². The van der Waals surface area contributed by atoms with Crippen molar-refractivity contribution in [3.05, 3.63) is 59.9 Å². The van der Waals surface area contributed by atoms with Crippen LogP contribution in [0.4, 0.5) is 10.1 Å². The number of nitrogens with one attached hydrogen (secondary N) is 1. The van der Waals surface area contributed by atoms with Crippen molar-refractivity contribution >= 4 is 11.6 Å². The average Bonchev–Trinajstić information content (AvgIpc) is 2.47. The number of amides is 1. The van der Waals surface area contributed by atoms with Gasteiger partial charge in [-0.15, -0.1) is 0 Å². The molecule has 0 saturated heterocycles. The SMILES string of the molecule is CCc1ccccc1O[C@@H](C)C(=O)Nc1cccc(F)c1. The summed E-state index contributed by atoms with van der Waals surface area (Å²) in [4.78, 5) is 12.1. The molecule has 0 aliphatic carbocycles. The van der Waals surface area contributed by atoms with Crippen LogP contribution in [0.1, 0.15) is 19.4 Å². The Morgan fingerprint density at radius 2 is 2.00 bits per heavy atom. The highest BCUT2D eigenvalue weighted by atomic mass is 19.1. The third-order valence-electron chi connectivity index (χ3n) is 3.12. The van der Waals surface area contributed by atoms with Crippen LogP contribution < -0.4 is 10.1 Å². The van der Waals surface area contributed by atoms with Gasteiger partial charge in [-0.2, -0.15) is 0 Å². The zero-order valence-electron chi connectivity index (χ0n) is 12.1. The summed E-state index contributed by atoms with van der Waals surface area (Å²) in [5.74, 6) is -0.00824. The van der Waals surface area contributed by atoms with Crippen LogP contribution in [0.5, 0.6) is 5.75 Å². The third kappa shape index (κ3) is 4.05. The van der Waals surface area contributed by atoms with Crippen molar-refractivity contribution in [3.63, 3.8) is 0 Å². The van der Waals surface area contributed by atoms with E-state index in [1.165, 1.54) is 12.1 Å². The lowest BCUT2D eigenvalue weighted by molar-refractivity contribution is -0.122. The number of carbonyl (C=O) groups excluding carboxylic acids is 1. The van der Waals surface area contributed by atoms with E-state index in [2.05, 4.69) is 5.32 Å². The van der Waals surface area contributed by atoms with Crippen LogP contribution in [0, 0.1) is 5.82 Å². The van der Waals surface area contributed by atoms with Gasteiger partial charge < -0.3 is 10.1 Å². The minimum atomic E-state index is -0.666. The second-order valence-electron chi connectivity index (χ2n) is 4.72. The van der Waals surface area contributed by atoms with Gasteiger partial charge in [-0.1, -0.05) is 31.2 Å². The number of anilines is 1. The van der Waals surface area contributed by atoms with E-state index in [1.807, 2.05) is 31.2 Å². The Labute approximate surface area is 123 Å². The maximum Gasteiger partial charge on any atom is 0.265 e. The monoisotopic (exact) mass is 287 g/mol. The molecule has 110 valence electrons. The fourth-order valence-electron chi connectivity index (χ4n) is 1.96. The first-order valence-corrected chi connectivity index (χ1v) is 6.91. The van der Waals surface area contributed by atoms with Gasteiger partial charge in [0.25, 0.3) is 5.91 Å². The molecule has 4 heteroatoms. The molecule has 1 N–H and O–H groups in total. The highest BCUT2D eigenvalue weighted by Crippen LogP contribution is 2.20. The van der Waals surface area contributed by atoms with E-state index in [-0.39, 0.29) is 5.91 Å². The minimum absolute atomic E-state index is 0.313. The van der Waals surface area contributed by atoms with Crippen LogP contribution in [-0.4, -0.2) is 12.0 Å². The molecule has 0 saturated carbocycles. The van der Waals surface area contributed by atoms with Gasteiger partial charge in [0.2, 0.25) is 0 Å². The highest BCUT2D eigenvalue weighted by Gasteiger charge is 2.16. The number of halogens is 1. The molecule has 0 aliphatic heterocycles. The van der Waals surface area contributed by atoms with Crippen LogP contribution in [0.2, 0.25) is 0 Å². The molecule has 1 amide bonds. The lowest BCUT2D eigenvalue weighted by atomic mass is 10.1. The molecule has 2 aromatic carbocycles. The number of ether oxygens (including phenoxy) is 1. The first-order valence-electron chi connectivity index (χ1n) is 6.91. The summed E-state index contributed by atoms with van der Waals surface area (Å²) in [5, 5.41) is 2.64. The minimum Gasteiger partial charge on any atom is -0.481 e. The zero-order valence-corrected chi connectivity index (χ0v) is 12.1. The predicted octanol–water partition coefficient (Wildman–Crippen LogP) is 3.79. The molecule has 0 fully saturated rings. The van der Waals surface area contributed by atoms with Crippen LogP contribution in [0.25, 0.3) is 0 Å². The number of hydrogen-bond acceptors (Lipinski definition) is 2. The standard InChI is InChI=1S/C17H18FNO2/c1-3-13-7-4-5-10-16(13)21-12(2)17(20)19-15-9-6-8-14(18)11-15/h4-12H,3H2,1-2H3,(H,19,20)/t12-/m0/s1. The van der Waals surface area contributed by atoms with Gasteiger partial charge >= 0.3 is 0 Å². The van der Waals surface area contributed by atoms with Gasteiger partial charge in [0.1, 0.15) is 11.6 Å². The normalized spacial score (nSPS) is 11.8. The number of carbonyl (C=O) groups is 1. The summed E-state index contributed by atoms with van der Waals surface area (Å²) in [6.07, 6.45) is 0.162. The van der Waals surface area contributed by atoms with E-state index in [0.29, 0.717) is 11.4 Å². The molecule has 0 aromatic heterocycles. The van der Waals surface area contributed by atoms with Crippen molar-refractivity contribution in [3.8, 4) is 5.75 Å². The Morgan fingerprint density at radius 3 is 2.71 bits per heavy atom. The second kappa shape index (κ2) is 6.88. The summed E-state index contributed by atoms with van der Waals surface area (Å²) in [6, 6.07) is 13.4. The number of benzene rings is 2. The number of hydrogen-bond donors (Lipinski definition) is 1.